The van der Waals surface area contributed by atoms with Gasteiger partial charge in [-0.1, -0.05) is 0 Å². The Labute approximate surface area is 161 Å². The molecule has 0 aliphatic heterocycles. The van der Waals surface area contributed by atoms with Crippen LogP contribution in [0.2, 0.25) is 0 Å². The van der Waals surface area contributed by atoms with Gasteiger partial charge in [-0.05, 0) is 44.6 Å². The quantitative estimate of drug-likeness (QED) is 0.734. The molecular formula is C19H21N3O4S. The summed E-state index contributed by atoms with van der Waals surface area (Å²) in [6.45, 7) is 2.79. The van der Waals surface area contributed by atoms with E-state index in [4.69, 9.17) is 9.47 Å². The Balaban J connectivity index is 1.42. The maximum Gasteiger partial charge on any atom is 0.315 e. The average molecular weight is 387 g/mol. The van der Waals surface area contributed by atoms with Crippen molar-refractivity contribution in [2.45, 2.75) is 38.5 Å². The highest BCUT2D eigenvalue weighted by atomic mass is 32.1. The molecule has 0 spiro atoms. The van der Waals surface area contributed by atoms with Gasteiger partial charge in [0.15, 0.2) is 5.13 Å². The van der Waals surface area contributed by atoms with E-state index in [1.165, 1.54) is 24.2 Å². The second kappa shape index (κ2) is 7.64. The third-order valence-electron chi connectivity index (χ3n) is 4.67. The van der Waals surface area contributed by atoms with Crippen molar-refractivity contribution in [1.82, 2.24) is 9.97 Å². The number of aromatic nitrogens is 2. The number of anilines is 1. The van der Waals surface area contributed by atoms with Gasteiger partial charge in [-0.3, -0.25) is 14.9 Å². The summed E-state index contributed by atoms with van der Waals surface area (Å²) in [5.41, 5.74) is 1.20. The zero-order valence-corrected chi connectivity index (χ0v) is 15.9. The third-order valence-corrected chi connectivity index (χ3v) is 5.72. The lowest BCUT2D eigenvalue weighted by atomic mass is 10.1. The molecule has 2 heterocycles. The van der Waals surface area contributed by atoms with Crippen LogP contribution in [0.1, 0.15) is 53.0 Å². The number of aryl methyl sites for hydroxylation is 1. The van der Waals surface area contributed by atoms with Crippen molar-refractivity contribution in [2.24, 2.45) is 5.92 Å². The summed E-state index contributed by atoms with van der Waals surface area (Å²) in [6.07, 6.45) is 5.45. The fourth-order valence-corrected chi connectivity index (χ4v) is 4.07. The second-order valence-electron chi connectivity index (χ2n) is 6.76. The minimum absolute atomic E-state index is 0.244. The van der Waals surface area contributed by atoms with Crippen LogP contribution < -0.4 is 10.1 Å². The number of fused-ring (bicyclic) bond motifs is 1. The molecule has 2 aliphatic rings. The molecule has 2 aromatic rings. The first-order valence-electron chi connectivity index (χ1n) is 9.20. The molecule has 1 atom stereocenters. The number of amides is 1. The maximum atomic E-state index is 12.5. The van der Waals surface area contributed by atoms with Crippen LogP contribution in [0.4, 0.5) is 5.13 Å². The maximum absolute atomic E-state index is 12.5. The number of hydrogen-bond acceptors (Lipinski definition) is 7. The van der Waals surface area contributed by atoms with E-state index >= 15 is 0 Å². The summed E-state index contributed by atoms with van der Waals surface area (Å²) < 4.78 is 10.7. The third kappa shape index (κ3) is 4.10. The minimum atomic E-state index is -0.329. The van der Waals surface area contributed by atoms with E-state index in [-0.39, 0.29) is 17.8 Å². The lowest BCUT2D eigenvalue weighted by molar-refractivity contribution is -0.145. The summed E-state index contributed by atoms with van der Waals surface area (Å²) in [5.74, 6) is 0.234. The van der Waals surface area contributed by atoms with Gasteiger partial charge in [0, 0.05) is 22.7 Å². The lowest BCUT2D eigenvalue weighted by Gasteiger charge is -2.08. The zero-order chi connectivity index (χ0) is 18.8. The van der Waals surface area contributed by atoms with Gasteiger partial charge in [-0.15, -0.1) is 11.3 Å². The normalized spacial score (nSPS) is 18.0. The molecule has 0 aromatic carbocycles. The number of nitrogens with one attached hydrogen (secondary N) is 1. The highest BCUT2D eigenvalue weighted by Gasteiger charge is 2.33. The van der Waals surface area contributed by atoms with Gasteiger partial charge in [0.25, 0.3) is 5.91 Å². The minimum Gasteiger partial charge on any atom is -0.477 e. The van der Waals surface area contributed by atoms with E-state index in [2.05, 4.69) is 15.3 Å². The number of carbonyl (C=O) groups is 2. The van der Waals surface area contributed by atoms with Gasteiger partial charge in [-0.25, -0.2) is 9.97 Å². The predicted molar refractivity (Wildman–Crippen MR) is 100 cm³/mol. The number of hydrogen-bond donors (Lipinski definition) is 1. The number of pyridine rings is 1. The molecule has 2 aromatic heterocycles. The van der Waals surface area contributed by atoms with Gasteiger partial charge < -0.3 is 9.47 Å². The van der Waals surface area contributed by atoms with E-state index in [1.807, 2.05) is 0 Å². The van der Waals surface area contributed by atoms with Crippen LogP contribution in [-0.4, -0.2) is 35.1 Å². The van der Waals surface area contributed by atoms with Crippen molar-refractivity contribution in [2.75, 3.05) is 18.5 Å². The number of ether oxygens (including phenoxy) is 2. The van der Waals surface area contributed by atoms with Crippen molar-refractivity contribution >= 4 is 28.3 Å². The Kier molecular flexibility index (Phi) is 5.07. The molecule has 1 saturated carbocycles. The largest absolute Gasteiger partial charge is 0.477 e. The van der Waals surface area contributed by atoms with Gasteiger partial charge in [0.05, 0.1) is 18.9 Å². The van der Waals surface area contributed by atoms with Crippen LogP contribution in [0.25, 0.3) is 0 Å². The van der Waals surface area contributed by atoms with Crippen molar-refractivity contribution in [3.8, 4) is 5.88 Å². The highest BCUT2D eigenvalue weighted by molar-refractivity contribution is 7.16. The lowest BCUT2D eigenvalue weighted by Crippen LogP contribution is -2.15. The number of rotatable bonds is 7. The smallest absolute Gasteiger partial charge is 0.315 e. The summed E-state index contributed by atoms with van der Waals surface area (Å²) in [4.78, 5) is 34.2. The summed E-state index contributed by atoms with van der Waals surface area (Å²) in [5, 5.41) is 3.31. The van der Waals surface area contributed by atoms with E-state index in [0.717, 1.165) is 17.0 Å². The Morgan fingerprint density at radius 3 is 2.96 bits per heavy atom. The van der Waals surface area contributed by atoms with Gasteiger partial charge in [0.2, 0.25) is 5.88 Å². The summed E-state index contributed by atoms with van der Waals surface area (Å²) in [7, 11) is 0. The van der Waals surface area contributed by atoms with E-state index in [1.54, 1.807) is 25.3 Å². The molecule has 4 rings (SSSR count). The monoisotopic (exact) mass is 387 g/mol. The summed E-state index contributed by atoms with van der Waals surface area (Å²) >= 11 is 1.41. The van der Waals surface area contributed by atoms with E-state index < -0.39 is 0 Å². The van der Waals surface area contributed by atoms with Crippen LogP contribution in [0.5, 0.6) is 5.88 Å². The fourth-order valence-electron chi connectivity index (χ4n) is 3.04. The van der Waals surface area contributed by atoms with Crippen molar-refractivity contribution in [1.29, 1.82) is 0 Å². The van der Waals surface area contributed by atoms with Gasteiger partial charge in [-0.2, -0.15) is 0 Å². The molecule has 0 unspecified atom stereocenters. The average Bonchev–Trinajstić information content (AvgIpc) is 3.29. The fraction of sp³-hybridized carbons (Fsp3) is 0.474. The van der Waals surface area contributed by atoms with Crippen LogP contribution in [-0.2, 0) is 16.0 Å². The first kappa shape index (κ1) is 17.9. The predicted octanol–water partition coefficient (Wildman–Crippen LogP) is 3.17. The Morgan fingerprint density at radius 1 is 1.33 bits per heavy atom. The van der Waals surface area contributed by atoms with Gasteiger partial charge in [0.1, 0.15) is 5.92 Å². The molecule has 8 heteroatoms. The molecule has 0 bridgehead atoms. The number of thiazole rings is 1. The SMILES string of the molecule is CCOC(=O)[C@H]1CCc2sc(NC(=O)c3ccnc(OCC4CC4)c3)nc21. The molecule has 142 valence electrons. The molecular weight excluding hydrogens is 366 g/mol. The molecule has 7 nitrogen and oxygen atoms in total. The Morgan fingerprint density at radius 2 is 2.19 bits per heavy atom. The first-order chi connectivity index (χ1) is 13.1. The number of carbonyl (C=O) groups excluding carboxylic acids is 2. The van der Waals surface area contributed by atoms with Crippen LogP contribution in [0, 0.1) is 5.92 Å². The standard InChI is InChI=1S/C19H21N3O4S/c1-2-25-18(24)13-5-6-14-16(13)21-19(27-14)22-17(23)12-7-8-20-15(9-12)26-10-11-3-4-11/h7-9,11,13H,2-6,10H2,1H3,(H,21,22,23)/t13-/m0/s1. The Hall–Kier alpha value is -2.48. The van der Waals surface area contributed by atoms with Crippen LogP contribution >= 0.6 is 11.3 Å². The molecule has 2 aliphatic carbocycles. The van der Waals surface area contributed by atoms with Crippen LogP contribution in [0.3, 0.4) is 0 Å². The van der Waals surface area contributed by atoms with Crippen molar-refractivity contribution in [3.63, 3.8) is 0 Å². The number of esters is 1. The molecule has 1 fully saturated rings. The second-order valence-corrected chi connectivity index (χ2v) is 7.85. The van der Waals surface area contributed by atoms with Crippen molar-refractivity contribution < 1.29 is 19.1 Å². The molecule has 1 amide bonds. The number of nitrogens with zero attached hydrogens (tertiary/aromatic N) is 2. The van der Waals surface area contributed by atoms with E-state index in [9.17, 15) is 9.59 Å². The molecule has 1 N–H and O–H groups in total. The summed E-state index contributed by atoms with van der Waals surface area (Å²) in [6, 6.07) is 3.28. The first-order valence-corrected chi connectivity index (χ1v) is 10.0. The topological polar surface area (TPSA) is 90.4 Å². The van der Waals surface area contributed by atoms with Crippen molar-refractivity contribution in [3.05, 3.63) is 34.5 Å². The molecule has 27 heavy (non-hydrogen) atoms. The zero-order valence-electron chi connectivity index (χ0n) is 15.1. The van der Waals surface area contributed by atoms with Crippen LogP contribution in [0.15, 0.2) is 18.3 Å². The highest BCUT2D eigenvalue weighted by Crippen LogP contribution is 2.39. The Bertz CT molecular complexity index is 862. The van der Waals surface area contributed by atoms with Gasteiger partial charge >= 0.3 is 5.97 Å². The molecule has 0 radical (unpaired) electrons. The molecule has 0 saturated heterocycles. The van der Waals surface area contributed by atoms with E-state index in [0.29, 0.717) is 42.1 Å².